The van der Waals surface area contributed by atoms with Crippen LogP contribution < -0.4 is 5.11 Å². The van der Waals surface area contributed by atoms with Gasteiger partial charge in [-0.15, -0.1) is 0 Å². The van der Waals surface area contributed by atoms with Crippen LogP contribution in [0.3, 0.4) is 0 Å². The van der Waals surface area contributed by atoms with Crippen LogP contribution in [0.1, 0.15) is 361 Å². The number of unbranched alkanes of at least 4 members (excludes halogenated alkanes) is 44. The number of quaternary nitrogens is 1. The molecular weight excluding hydrogens is 1100 g/mol. The van der Waals surface area contributed by atoms with E-state index >= 15 is 0 Å². The van der Waals surface area contributed by atoms with E-state index in [2.05, 4.69) is 86.8 Å². The Hall–Kier alpha value is -3.27. The first-order valence-electron chi connectivity index (χ1n) is 38.1. The minimum atomic E-state index is -1.62. The first-order chi connectivity index (χ1) is 43.6. The van der Waals surface area contributed by atoms with Gasteiger partial charge in [-0.25, -0.2) is 0 Å². The first-order valence-corrected chi connectivity index (χ1v) is 38.1. The van der Waals surface area contributed by atoms with E-state index in [-0.39, 0.29) is 32.2 Å². The van der Waals surface area contributed by atoms with Gasteiger partial charge >= 0.3 is 11.9 Å². The summed E-state index contributed by atoms with van der Waals surface area (Å²) in [5, 5.41) is 11.8. The highest BCUT2D eigenvalue weighted by atomic mass is 16.7. The van der Waals surface area contributed by atoms with Crippen LogP contribution >= 0.6 is 0 Å². The minimum Gasteiger partial charge on any atom is -0.545 e. The number of rotatable bonds is 71. The average Bonchev–Trinajstić information content (AvgIpc) is 3.64. The second-order valence-corrected chi connectivity index (χ2v) is 26.9. The molecule has 9 heteroatoms. The molecule has 0 aromatic rings. The van der Waals surface area contributed by atoms with E-state index in [4.69, 9.17) is 18.9 Å². The highest BCUT2D eigenvalue weighted by molar-refractivity contribution is 5.70. The van der Waals surface area contributed by atoms with Crippen LogP contribution in [0, 0.1) is 0 Å². The number of carbonyl (C=O) groups is 3. The van der Waals surface area contributed by atoms with Gasteiger partial charge in [0.15, 0.2) is 12.4 Å². The summed E-state index contributed by atoms with van der Waals surface area (Å²) in [5.41, 5.74) is 0. The van der Waals surface area contributed by atoms with Crippen molar-refractivity contribution in [1.29, 1.82) is 0 Å². The Balaban J connectivity index is 4.01. The largest absolute Gasteiger partial charge is 0.545 e. The van der Waals surface area contributed by atoms with Gasteiger partial charge in [0.05, 0.1) is 40.3 Å². The Morgan fingerprint density at radius 1 is 0.348 bits per heavy atom. The predicted molar refractivity (Wildman–Crippen MR) is 380 cm³/mol. The first kappa shape index (κ1) is 85.7. The van der Waals surface area contributed by atoms with Crippen LogP contribution in [0.5, 0.6) is 0 Å². The van der Waals surface area contributed by atoms with E-state index in [1.54, 1.807) is 0 Å². The van der Waals surface area contributed by atoms with Crippen LogP contribution in [-0.4, -0.2) is 82.3 Å². The number of carboxylic acid groups (broad SMARTS) is 1. The zero-order chi connectivity index (χ0) is 64.7. The van der Waals surface area contributed by atoms with Crippen molar-refractivity contribution in [2.75, 3.05) is 47.5 Å². The van der Waals surface area contributed by atoms with Crippen LogP contribution in [0.4, 0.5) is 0 Å². The van der Waals surface area contributed by atoms with E-state index in [1.165, 1.54) is 263 Å². The molecule has 0 aromatic carbocycles. The van der Waals surface area contributed by atoms with Crippen LogP contribution in [0.25, 0.3) is 0 Å². The molecule has 0 saturated carbocycles. The highest BCUT2D eigenvalue weighted by Crippen LogP contribution is 2.19. The standard InChI is InChI=1S/C80H145NO8/c1-6-8-10-12-14-16-18-20-22-24-26-28-30-32-34-36-37-38-39-40-41-43-45-47-49-51-53-55-57-59-61-63-65-67-69-71-78(83)89-76(75-88-80(79(84)85)86-73-72-81(3,4)5)74-87-77(82)70-68-66-64-62-60-58-56-54-52-50-48-46-44-42-35-33-31-29-27-25-23-21-19-17-15-13-11-9-7-2/h8,10,14,16,19-22,25-28,76,80H,6-7,9,11-13,15,17-18,23-24,29-75H2,1-5H3/b10-8-,16-14-,21-19-,22-20-,27-25-,28-26-. The molecular formula is C80H145NO8. The summed E-state index contributed by atoms with van der Waals surface area (Å²) in [6.45, 7) is 4.68. The van der Waals surface area contributed by atoms with Crippen molar-refractivity contribution < 1.29 is 42.9 Å². The number of carboxylic acids is 1. The maximum absolute atomic E-state index is 13.0. The number of esters is 2. The van der Waals surface area contributed by atoms with Gasteiger partial charge in [0.25, 0.3) is 0 Å². The summed E-state index contributed by atoms with van der Waals surface area (Å²) >= 11 is 0. The van der Waals surface area contributed by atoms with Gasteiger partial charge in [0, 0.05) is 12.8 Å². The van der Waals surface area contributed by atoms with Crippen molar-refractivity contribution in [2.45, 2.75) is 373 Å². The third-order valence-electron chi connectivity index (χ3n) is 16.9. The number of ether oxygens (including phenoxy) is 4. The second kappa shape index (κ2) is 70.6. The summed E-state index contributed by atoms with van der Waals surface area (Å²) in [5.74, 6) is -2.26. The normalized spacial score (nSPS) is 13.0. The van der Waals surface area contributed by atoms with Gasteiger partial charge in [-0.2, -0.15) is 0 Å². The molecule has 0 bridgehead atoms. The van der Waals surface area contributed by atoms with Gasteiger partial charge in [-0.05, 0) is 83.5 Å². The molecule has 2 atom stereocenters. The Labute approximate surface area is 551 Å². The van der Waals surface area contributed by atoms with Gasteiger partial charge in [-0.3, -0.25) is 9.59 Å². The molecule has 0 N–H and O–H groups in total. The van der Waals surface area contributed by atoms with Gasteiger partial charge < -0.3 is 33.3 Å². The Morgan fingerprint density at radius 2 is 0.640 bits per heavy atom. The third-order valence-corrected chi connectivity index (χ3v) is 16.9. The third kappa shape index (κ3) is 72.0. The fourth-order valence-electron chi connectivity index (χ4n) is 11.2. The van der Waals surface area contributed by atoms with Gasteiger partial charge in [-0.1, -0.05) is 337 Å². The topological polar surface area (TPSA) is 111 Å². The summed E-state index contributed by atoms with van der Waals surface area (Å²) < 4.78 is 22.9. The van der Waals surface area contributed by atoms with Crippen LogP contribution in [0.2, 0.25) is 0 Å². The number of allylic oxidation sites excluding steroid dienone is 12. The van der Waals surface area contributed by atoms with Crippen molar-refractivity contribution in [3.8, 4) is 0 Å². The molecule has 89 heavy (non-hydrogen) atoms. The van der Waals surface area contributed by atoms with Crippen LogP contribution in [-0.2, 0) is 33.3 Å². The Morgan fingerprint density at radius 3 is 0.955 bits per heavy atom. The lowest BCUT2D eigenvalue weighted by Crippen LogP contribution is -2.44. The molecule has 0 radical (unpaired) electrons. The van der Waals surface area contributed by atoms with Crippen molar-refractivity contribution in [3.05, 3.63) is 72.9 Å². The van der Waals surface area contributed by atoms with Gasteiger partial charge in [0.1, 0.15) is 13.2 Å². The second-order valence-electron chi connectivity index (χ2n) is 26.9. The van der Waals surface area contributed by atoms with E-state index in [1.807, 2.05) is 21.1 Å². The number of hydrogen-bond donors (Lipinski definition) is 0. The van der Waals surface area contributed by atoms with Crippen LogP contribution in [0.15, 0.2) is 72.9 Å². The SMILES string of the molecule is CC/C=C\C/C=C\C/C=C\C/C=C\CCCCCCCCCCCCCCCCCCCCCCCCC(=O)OC(COC(=O)CCCCCCCCCCCCCCCCCCC/C=C\C/C=C\CCCCCCC)COC(OCC[N+](C)(C)C)C(=O)[O-]. The summed E-state index contributed by atoms with van der Waals surface area (Å²) in [4.78, 5) is 37.6. The zero-order valence-corrected chi connectivity index (χ0v) is 59.3. The number of hydrogen-bond acceptors (Lipinski definition) is 8. The average molecular weight is 1250 g/mol. The molecule has 0 spiro atoms. The van der Waals surface area contributed by atoms with Gasteiger partial charge in [0.2, 0.25) is 0 Å². The maximum Gasteiger partial charge on any atom is 0.306 e. The van der Waals surface area contributed by atoms with E-state index in [0.29, 0.717) is 23.9 Å². The molecule has 518 valence electrons. The highest BCUT2D eigenvalue weighted by Gasteiger charge is 2.22. The molecule has 2 unspecified atom stereocenters. The smallest absolute Gasteiger partial charge is 0.306 e. The minimum absolute atomic E-state index is 0.149. The predicted octanol–water partition coefficient (Wildman–Crippen LogP) is 22.7. The molecule has 0 amide bonds. The fourth-order valence-corrected chi connectivity index (χ4v) is 11.2. The molecule has 0 aliphatic rings. The quantitative estimate of drug-likeness (QED) is 0.0195. The molecule has 0 rings (SSSR count). The Kier molecular flexibility index (Phi) is 68.0. The number of nitrogens with zero attached hydrogens (tertiary/aromatic N) is 1. The fraction of sp³-hybridized carbons (Fsp3) is 0.812. The summed E-state index contributed by atoms with van der Waals surface area (Å²) in [6, 6.07) is 0. The van der Waals surface area contributed by atoms with E-state index in [0.717, 1.165) is 64.2 Å². The number of carbonyl (C=O) groups excluding carboxylic acids is 3. The Bertz CT molecular complexity index is 1690. The molecule has 0 heterocycles. The number of aliphatic carboxylic acids is 1. The maximum atomic E-state index is 13.0. The lowest BCUT2D eigenvalue weighted by molar-refractivity contribution is -0.870. The molecule has 0 aliphatic heterocycles. The molecule has 0 fully saturated rings. The lowest BCUT2D eigenvalue weighted by atomic mass is 10.0. The summed E-state index contributed by atoms with van der Waals surface area (Å²) in [6.07, 6.45) is 91.5. The molecule has 0 aliphatic carbocycles. The monoisotopic (exact) mass is 1250 g/mol. The molecule has 9 nitrogen and oxygen atoms in total. The van der Waals surface area contributed by atoms with E-state index < -0.39 is 24.3 Å². The molecule has 0 saturated heterocycles. The zero-order valence-electron chi connectivity index (χ0n) is 59.3. The van der Waals surface area contributed by atoms with Crippen molar-refractivity contribution in [3.63, 3.8) is 0 Å². The van der Waals surface area contributed by atoms with Crippen molar-refractivity contribution in [2.24, 2.45) is 0 Å². The molecule has 0 aromatic heterocycles. The lowest BCUT2D eigenvalue weighted by Gasteiger charge is -2.26. The number of likely N-dealkylation sites (N-methyl/N-ethyl adjacent to an activating group) is 1. The van der Waals surface area contributed by atoms with Crippen molar-refractivity contribution in [1.82, 2.24) is 0 Å². The van der Waals surface area contributed by atoms with E-state index in [9.17, 15) is 19.5 Å². The summed E-state index contributed by atoms with van der Waals surface area (Å²) in [7, 11) is 5.94. The van der Waals surface area contributed by atoms with Crippen molar-refractivity contribution >= 4 is 17.9 Å².